The van der Waals surface area contributed by atoms with E-state index in [4.69, 9.17) is 10.2 Å². The highest BCUT2D eigenvalue weighted by atomic mass is 32.1. The summed E-state index contributed by atoms with van der Waals surface area (Å²) in [6.07, 6.45) is 0. The molecule has 0 amide bonds. The van der Waals surface area contributed by atoms with Gasteiger partial charge in [0, 0.05) is 0 Å². The van der Waals surface area contributed by atoms with Crippen molar-refractivity contribution in [3.05, 3.63) is 34.6 Å². The first-order chi connectivity index (χ1) is 7.27. The van der Waals surface area contributed by atoms with E-state index in [1.165, 1.54) is 15.5 Å². The predicted molar refractivity (Wildman–Crippen MR) is 59.3 cm³/mol. The second kappa shape index (κ2) is 4.14. The number of hydrogen-bond donors (Lipinski definition) is 2. The van der Waals surface area contributed by atoms with E-state index < -0.39 is 6.04 Å². The first-order valence-corrected chi connectivity index (χ1v) is 5.37. The van der Waals surface area contributed by atoms with Gasteiger partial charge in [-0.2, -0.15) is 0 Å². The van der Waals surface area contributed by atoms with Crippen LogP contribution in [0.2, 0.25) is 0 Å². The quantitative estimate of drug-likeness (QED) is 0.803. The van der Waals surface area contributed by atoms with E-state index in [-0.39, 0.29) is 18.8 Å². The monoisotopic (exact) mass is 225 g/mol. The third-order valence-electron chi connectivity index (χ3n) is 2.27. The van der Waals surface area contributed by atoms with Gasteiger partial charge < -0.3 is 10.2 Å². The predicted octanol–water partition coefficient (Wildman–Crippen LogP) is 0.589. The molecule has 0 saturated carbocycles. The van der Waals surface area contributed by atoms with Crippen molar-refractivity contribution in [2.75, 3.05) is 13.2 Å². The van der Waals surface area contributed by atoms with E-state index in [1.807, 2.05) is 12.1 Å². The van der Waals surface area contributed by atoms with Gasteiger partial charge in [-0.1, -0.05) is 23.7 Å². The summed E-state index contributed by atoms with van der Waals surface area (Å²) < 4.78 is 2.29. The molecule has 2 rings (SSSR count). The third kappa shape index (κ3) is 1.69. The minimum Gasteiger partial charge on any atom is -0.394 e. The van der Waals surface area contributed by atoms with Gasteiger partial charge >= 0.3 is 0 Å². The van der Waals surface area contributed by atoms with Crippen LogP contribution in [-0.2, 0) is 0 Å². The lowest BCUT2D eigenvalue weighted by Gasteiger charge is -2.09. The molecule has 0 radical (unpaired) electrons. The zero-order valence-corrected chi connectivity index (χ0v) is 8.78. The maximum absolute atomic E-state index is 11.8. The number of aromatic nitrogens is 1. The lowest BCUT2D eigenvalue weighted by atomic mass is 10.3. The van der Waals surface area contributed by atoms with Crippen LogP contribution in [0.5, 0.6) is 0 Å². The number of aliphatic hydroxyl groups excluding tert-OH is 2. The van der Waals surface area contributed by atoms with Crippen molar-refractivity contribution in [3.8, 4) is 0 Å². The van der Waals surface area contributed by atoms with Gasteiger partial charge in [0.05, 0.1) is 29.3 Å². The molecule has 0 spiro atoms. The molecule has 2 N–H and O–H groups in total. The molecule has 1 heterocycles. The molecule has 0 aliphatic heterocycles. The fourth-order valence-electron chi connectivity index (χ4n) is 1.44. The largest absolute Gasteiger partial charge is 0.394 e. The van der Waals surface area contributed by atoms with E-state index in [2.05, 4.69) is 0 Å². The molecule has 0 fully saturated rings. The maximum atomic E-state index is 11.8. The van der Waals surface area contributed by atoms with Gasteiger partial charge in [0.15, 0.2) is 0 Å². The first kappa shape index (κ1) is 10.4. The van der Waals surface area contributed by atoms with Crippen molar-refractivity contribution >= 4 is 21.6 Å². The Morgan fingerprint density at radius 2 is 1.93 bits per heavy atom. The number of nitrogens with zero attached hydrogens (tertiary/aromatic N) is 1. The van der Waals surface area contributed by atoms with Crippen LogP contribution in [0.25, 0.3) is 10.1 Å². The molecule has 5 heteroatoms. The summed E-state index contributed by atoms with van der Waals surface area (Å²) in [4.78, 5) is 11.8. The number of fused-ring (bicyclic) bond motifs is 1. The molecule has 0 unspecified atom stereocenters. The van der Waals surface area contributed by atoms with E-state index >= 15 is 0 Å². The molecule has 0 aliphatic carbocycles. The lowest BCUT2D eigenvalue weighted by Crippen LogP contribution is -2.24. The third-order valence-corrected chi connectivity index (χ3v) is 3.48. The highest BCUT2D eigenvalue weighted by Gasteiger charge is 2.14. The van der Waals surface area contributed by atoms with Crippen molar-refractivity contribution in [1.29, 1.82) is 0 Å². The van der Waals surface area contributed by atoms with Gasteiger partial charge in [-0.15, -0.1) is 0 Å². The molecule has 0 saturated heterocycles. The number of hydrogen-bond acceptors (Lipinski definition) is 4. The SMILES string of the molecule is O=c1c2ccccc2sn1C(CO)CO. The van der Waals surface area contributed by atoms with E-state index in [0.29, 0.717) is 5.39 Å². The molecule has 4 nitrogen and oxygen atoms in total. The molecule has 2 aromatic rings. The normalized spacial score (nSPS) is 11.4. The van der Waals surface area contributed by atoms with E-state index in [9.17, 15) is 4.79 Å². The number of rotatable bonds is 3. The Morgan fingerprint density at radius 3 is 2.53 bits per heavy atom. The minimum absolute atomic E-state index is 0.149. The molecule has 80 valence electrons. The van der Waals surface area contributed by atoms with Crippen LogP contribution in [-0.4, -0.2) is 27.4 Å². The topological polar surface area (TPSA) is 62.5 Å². The van der Waals surface area contributed by atoms with Crippen molar-refractivity contribution in [2.45, 2.75) is 6.04 Å². The summed E-state index contributed by atoms with van der Waals surface area (Å²) in [6.45, 7) is -0.466. The Labute approximate surface area is 90.2 Å². The summed E-state index contributed by atoms with van der Waals surface area (Å²) in [7, 11) is 0. The smallest absolute Gasteiger partial charge is 0.268 e. The van der Waals surface area contributed by atoms with Crippen molar-refractivity contribution in [3.63, 3.8) is 0 Å². The molecular formula is C10H11NO3S. The molecule has 0 atom stereocenters. The molecule has 15 heavy (non-hydrogen) atoms. The number of benzene rings is 1. The second-order valence-electron chi connectivity index (χ2n) is 3.24. The minimum atomic E-state index is -0.533. The average Bonchev–Trinajstić information content (AvgIpc) is 2.60. The van der Waals surface area contributed by atoms with Gasteiger partial charge in [-0.25, -0.2) is 0 Å². The summed E-state index contributed by atoms with van der Waals surface area (Å²) in [6, 6.07) is 6.72. The fraction of sp³-hybridized carbons (Fsp3) is 0.300. The maximum Gasteiger partial charge on any atom is 0.268 e. The second-order valence-corrected chi connectivity index (χ2v) is 4.25. The lowest BCUT2D eigenvalue weighted by molar-refractivity contribution is 0.159. The molecule has 0 aliphatic rings. The van der Waals surface area contributed by atoms with E-state index in [0.717, 1.165) is 4.70 Å². The molecule has 0 bridgehead atoms. The Morgan fingerprint density at radius 1 is 1.27 bits per heavy atom. The van der Waals surface area contributed by atoms with Crippen LogP contribution in [0, 0.1) is 0 Å². The van der Waals surface area contributed by atoms with Gasteiger partial charge in [-0.3, -0.25) is 8.75 Å². The van der Waals surface area contributed by atoms with Gasteiger partial charge in [-0.05, 0) is 12.1 Å². The molecule has 1 aromatic heterocycles. The summed E-state index contributed by atoms with van der Waals surface area (Å²) >= 11 is 1.27. The van der Waals surface area contributed by atoms with Crippen molar-refractivity contribution < 1.29 is 10.2 Å². The standard InChI is InChI=1S/C10H11NO3S/c12-5-7(6-13)11-10(14)8-3-1-2-4-9(8)15-11/h1-4,7,12-13H,5-6H2. The molecule has 1 aromatic carbocycles. The summed E-state index contributed by atoms with van der Waals surface area (Å²) in [5.74, 6) is 0. The van der Waals surface area contributed by atoms with Crippen molar-refractivity contribution in [1.82, 2.24) is 3.96 Å². The van der Waals surface area contributed by atoms with Crippen LogP contribution in [0.4, 0.5) is 0 Å². The van der Waals surface area contributed by atoms with Crippen molar-refractivity contribution in [2.24, 2.45) is 0 Å². The summed E-state index contributed by atoms with van der Waals surface area (Å²) in [5, 5.41) is 18.7. The van der Waals surface area contributed by atoms with Crippen LogP contribution < -0.4 is 5.56 Å². The zero-order valence-electron chi connectivity index (χ0n) is 7.96. The van der Waals surface area contributed by atoms with Crippen LogP contribution in [0.15, 0.2) is 29.1 Å². The number of aliphatic hydroxyl groups is 2. The first-order valence-electron chi connectivity index (χ1n) is 4.60. The highest BCUT2D eigenvalue weighted by Crippen LogP contribution is 2.18. The summed E-state index contributed by atoms with van der Waals surface area (Å²) in [5.41, 5.74) is -0.149. The zero-order chi connectivity index (χ0) is 10.8. The fourth-order valence-corrected chi connectivity index (χ4v) is 2.50. The Bertz CT molecular complexity index is 513. The average molecular weight is 225 g/mol. The van der Waals surface area contributed by atoms with Crippen LogP contribution in [0.3, 0.4) is 0 Å². The Hall–Kier alpha value is -1.17. The Kier molecular flexibility index (Phi) is 2.86. The van der Waals surface area contributed by atoms with E-state index in [1.54, 1.807) is 12.1 Å². The van der Waals surface area contributed by atoms with Gasteiger partial charge in [0.25, 0.3) is 5.56 Å². The van der Waals surface area contributed by atoms with Gasteiger partial charge in [0.1, 0.15) is 0 Å². The highest BCUT2D eigenvalue weighted by molar-refractivity contribution is 7.13. The van der Waals surface area contributed by atoms with Crippen LogP contribution >= 0.6 is 11.5 Å². The molecular weight excluding hydrogens is 214 g/mol. The van der Waals surface area contributed by atoms with Gasteiger partial charge in [0.2, 0.25) is 0 Å². The van der Waals surface area contributed by atoms with Crippen LogP contribution in [0.1, 0.15) is 6.04 Å². The Balaban J connectivity index is 2.62.